The summed E-state index contributed by atoms with van der Waals surface area (Å²) < 4.78 is 47.5. The molecule has 0 radical (unpaired) electrons. The summed E-state index contributed by atoms with van der Waals surface area (Å²) in [6.45, 7) is 2.31. The summed E-state index contributed by atoms with van der Waals surface area (Å²) in [6.07, 6.45) is -1.40. The van der Waals surface area contributed by atoms with E-state index in [4.69, 9.17) is 16.3 Å². The largest absolute Gasteiger partial charge is 0.379 e. The third-order valence-electron chi connectivity index (χ3n) is 3.49. The molecule has 3 rings (SSSR count). The highest BCUT2D eigenvalue weighted by Crippen LogP contribution is 2.31. The van der Waals surface area contributed by atoms with Crippen molar-refractivity contribution < 1.29 is 17.9 Å². The van der Waals surface area contributed by atoms with Crippen LogP contribution in [0, 0.1) is 17.8 Å². The van der Waals surface area contributed by atoms with Crippen LogP contribution in [0.4, 0.5) is 19.0 Å². The Kier molecular flexibility index (Phi) is 4.05. The van der Waals surface area contributed by atoms with Gasteiger partial charge in [-0.3, -0.25) is 0 Å². The van der Waals surface area contributed by atoms with Crippen molar-refractivity contribution >= 4 is 28.3 Å². The maximum absolute atomic E-state index is 14.5. The van der Waals surface area contributed by atoms with Gasteiger partial charge in [0.2, 0.25) is 0 Å². The lowest BCUT2D eigenvalue weighted by Crippen LogP contribution is -2.38. The third-order valence-corrected chi connectivity index (χ3v) is 3.75. The number of nitrogens with zero attached hydrogens (tertiary/aromatic N) is 4. The van der Waals surface area contributed by atoms with E-state index in [1.807, 2.05) is 0 Å². The first-order valence-corrected chi connectivity index (χ1v) is 7.02. The van der Waals surface area contributed by atoms with E-state index in [0.717, 1.165) is 0 Å². The maximum Gasteiger partial charge on any atom is 0.311 e. The molecule has 0 saturated carbocycles. The minimum atomic E-state index is -1.45. The normalized spacial score (nSPS) is 22.9. The molecule has 2 aromatic heterocycles. The first kappa shape index (κ1) is 15.2. The molecule has 0 N–H and O–H groups in total. The standard InChI is InChI=1S/C13H12ClF3N4O/c1-6-5-22-3-2-21(11(6)16)12-7-4-18-10(14)8(15)9(7)19-13(17)20-12/h4,6,11H,2-3,5H2,1H3/t6-,11+/m0/s1. The number of alkyl halides is 1. The SMILES string of the molecule is C[C@H]1COCCN(c2nc(F)nc3c(F)c(Cl)ncc23)[C@H]1F. The molecule has 0 aromatic carbocycles. The highest BCUT2D eigenvalue weighted by molar-refractivity contribution is 6.30. The number of fused-ring (bicyclic) bond motifs is 1. The molecule has 3 heterocycles. The Labute approximate surface area is 129 Å². The van der Waals surface area contributed by atoms with E-state index < -0.39 is 29.3 Å². The lowest BCUT2D eigenvalue weighted by atomic mass is 10.1. The minimum absolute atomic E-state index is 0.0598. The van der Waals surface area contributed by atoms with Crippen LogP contribution in [0.15, 0.2) is 6.20 Å². The van der Waals surface area contributed by atoms with Crippen molar-refractivity contribution in [2.45, 2.75) is 13.2 Å². The van der Waals surface area contributed by atoms with Crippen LogP contribution >= 0.6 is 11.6 Å². The van der Waals surface area contributed by atoms with Gasteiger partial charge >= 0.3 is 6.08 Å². The molecule has 22 heavy (non-hydrogen) atoms. The lowest BCUT2D eigenvalue weighted by Gasteiger charge is -2.28. The predicted octanol–water partition coefficient (Wildman–Crippen LogP) is 2.72. The minimum Gasteiger partial charge on any atom is -0.379 e. The zero-order chi connectivity index (χ0) is 15.9. The summed E-state index contributed by atoms with van der Waals surface area (Å²) in [5.41, 5.74) is -0.326. The number of aromatic nitrogens is 3. The molecule has 1 saturated heterocycles. The summed E-state index contributed by atoms with van der Waals surface area (Å²) >= 11 is 5.58. The second kappa shape index (κ2) is 5.85. The molecule has 0 unspecified atom stereocenters. The fourth-order valence-corrected chi connectivity index (χ4v) is 2.51. The number of ether oxygens (including phenoxy) is 1. The van der Waals surface area contributed by atoms with Gasteiger partial charge in [-0.1, -0.05) is 18.5 Å². The van der Waals surface area contributed by atoms with Crippen LogP contribution in [-0.2, 0) is 4.74 Å². The predicted molar refractivity (Wildman–Crippen MR) is 74.5 cm³/mol. The van der Waals surface area contributed by atoms with Crippen LogP contribution in [0.1, 0.15) is 6.92 Å². The van der Waals surface area contributed by atoms with Crippen LogP contribution in [0.2, 0.25) is 5.15 Å². The van der Waals surface area contributed by atoms with Gasteiger partial charge in [0, 0.05) is 18.7 Å². The van der Waals surface area contributed by atoms with Gasteiger partial charge in [-0.05, 0) is 0 Å². The molecule has 1 aliphatic rings. The van der Waals surface area contributed by atoms with Crippen LogP contribution < -0.4 is 4.90 Å². The molecule has 0 aliphatic carbocycles. The second-order valence-electron chi connectivity index (χ2n) is 5.06. The average molecular weight is 333 g/mol. The number of hydrogen-bond acceptors (Lipinski definition) is 5. The molecule has 0 amide bonds. The van der Waals surface area contributed by atoms with E-state index in [-0.39, 0.29) is 36.5 Å². The summed E-state index contributed by atoms with van der Waals surface area (Å²) in [6, 6.07) is 0. The summed E-state index contributed by atoms with van der Waals surface area (Å²) in [5.74, 6) is -1.47. The molecule has 5 nitrogen and oxygen atoms in total. The first-order chi connectivity index (χ1) is 10.5. The Bertz CT molecular complexity index is 717. The fraction of sp³-hybridized carbons (Fsp3) is 0.462. The van der Waals surface area contributed by atoms with Crippen molar-refractivity contribution in [1.82, 2.24) is 15.0 Å². The van der Waals surface area contributed by atoms with Crippen molar-refractivity contribution in [3.63, 3.8) is 0 Å². The Hall–Kier alpha value is -1.67. The Morgan fingerprint density at radius 1 is 1.36 bits per heavy atom. The molecule has 1 aliphatic heterocycles. The van der Waals surface area contributed by atoms with Gasteiger partial charge in [-0.25, -0.2) is 13.8 Å². The molecular weight excluding hydrogens is 321 g/mol. The molecule has 1 fully saturated rings. The van der Waals surface area contributed by atoms with Crippen molar-refractivity contribution in [1.29, 1.82) is 0 Å². The van der Waals surface area contributed by atoms with Crippen LogP contribution in [0.25, 0.3) is 10.9 Å². The highest BCUT2D eigenvalue weighted by Gasteiger charge is 2.30. The Morgan fingerprint density at radius 2 is 2.14 bits per heavy atom. The average Bonchev–Trinajstić information content (AvgIpc) is 2.65. The van der Waals surface area contributed by atoms with Crippen molar-refractivity contribution in [3.8, 4) is 0 Å². The van der Waals surface area contributed by atoms with Crippen LogP contribution in [-0.4, -0.2) is 41.0 Å². The summed E-state index contributed by atoms with van der Waals surface area (Å²) in [7, 11) is 0. The van der Waals surface area contributed by atoms with Gasteiger partial charge in [0.1, 0.15) is 11.3 Å². The summed E-state index contributed by atoms with van der Waals surface area (Å²) in [5, 5.41) is -0.332. The number of hydrogen-bond donors (Lipinski definition) is 0. The molecule has 2 atom stereocenters. The van der Waals surface area contributed by atoms with Crippen molar-refractivity contribution in [3.05, 3.63) is 23.2 Å². The number of halogens is 4. The zero-order valence-electron chi connectivity index (χ0n) is 11.6. The van der Waals surface area contributed by atoms with Gasteiger partial charge in [0.25, 0.3) is 0 Å². The van der Waals surface area contributed by atoms with Gasteiger partial charge in [-0.15, -0.1) is 0 Å². The quantitative estimate of drug-likeness (QED) is 0.456. The van der Waals surface area contributed by atoms with Crippen LogP contribution in [0.5, 0.6) is 0 Å². The first-order valence-electron chi connectivity index (χ1n) is 6.64. The van der Waals surface area contributed by atoms with Crippen molar-refractivity contribution in [2.75, 3.05) is 24.7 Å². The van der Waals surface area contributed by atoms with Gasteiger partial charge < -0.3 is 9.64 Å². The fourth-order valence-electron chi connectivity index (χ4n) is 2.38. The number of anilines is 1. The van der Waals surface area contributed by atoms with E-state index in [1.54, 1.807) is 6.92 Å². The monoisotopic (exact) mass is 332 g/mol. The topological polar surface area (TPSA) is 51.1 Å². The Morgan fingerprint density at radius 3 is 2.91 bits per heavy atom. The van der Waals surface area contributed by atoms with E-state index in [9.17, 15) is 13.2 Å². The molecule has 0 spiro atoms. The van der Waals surface area contributed by atoms with Crippen molar-refractivity contribution in [2.24, 2.45) is 5.92 Å². The molecule has 0 bridgehead atoms. The number of pyridine rings is 1. The van der Waals surface area contributed by atoms with E-state index >= 15 is 0 Å². The Balaban J connectivity index is 2.19. The number of rotatable bonds is 1. The van der Waals surface area contributed by atoms with Gasteiger partial charge in [-0.2, -0.15) is 14.4 Å². The summed E-state index contributed by atoms with van der Waals surface area (Å²) in [4.78, 5) is 11.9. The smallest absolute Gasteiger partial charge is 0.311 e. The molecule has 118 valence electrons. The molecule has 9 heteroatoms. The second-order valence-corrected chi connectivity index (χ2v) is 5.42. The van der Waals surface area contributed by atoms with Crippen LogP contribution in [0.3, 0.4) is 0 Å². The van der Waals surface area contributed by atoms with E-state index in [1.165, 1.54) is 11.1 Å². The zero-order valence-corrected chi connectivity index (χ0v) is 12.3. The van der Waals surface area contributed by atoms with E-state index in [2.05, 4.69) is 15.0 Å². The van der Waals surface area contributed by atoms with E-state index in [0.29, 0.717) is 0 Å². The lowest BCUT2D eigenvalue weighted by molar-refractivity contribution is 0.105. The third kappa shape index (κ3) is 2.56. The van der Waals surface area contributed by atoms with Gasteiger partial charge in [0.05, 0.1) is 18.6 Å². The highest BCUT2D eigenvalue weighted by atomic mass is 35.5. The molecule has 2 aromatic rings. The molecular formula is C13H12ClF3N4O. The van der Waals surface area contributed by atoms with Gasteiger partial charge in [0.15, 0.2) is 17.3 Å². The maximum atomic E-state index is 14.5.